The molecule has 0 bridgehead atoms. The van der Waals surface area contributed by atoms with Crippen LogP contribution in [0.3, 0.4) is 0 Å². The van der Waals surface area contributed by atoms with E-state index in [1.165, 1.54) is 64.5 Å². The Morgan fingerprint density at radius 1 is 1.19 bits per heavy atom. The van der Waals surface area contributed by atoms with Gasteiger partial charge in [0, 0.05) is 12.1 Å². The van der Waals surface area contributed by atoms with Crippen LogP contribution in [0.5, 0.6) is 0 Å². The van der Waals surface area contributed by atoms with E-state index < -0.39 is 0 Å². The number of hydrogen-bond donors (Lipinski definition) is 1. The molecule has 2 N–H and O–H groups in total. The fourth-order valence-corrected chi connectivity index (χ4v) is 3.75. The van der Waals surface area contributed by atoms with E-state index in [4.69, 9.17) is 5.73 Å². The molecule has 0 amide bonds. The van der Waals surface area contributed by atoms with Crippen molar-refractivity contribution in [3.63, 3.8) is 0 Å². The molecule has 1 aliphatic heterocycles. The molecule has 16 heavy (non-hydrogen) atoms. The van der Waals surface area contributed by atoms with Gasteiger partial charge in [-0.15, -0.1) is 0 Å². The first-order valence-corrected chi connectivity index (χ1v) is 7.26. The second kappa shape index (κ2) is 5.50. The van der Waals surface area contributed by atoms with Gasteiger partial charge in [-0.1, -0.05) is 19.8 Å². The van der Waals surface area contributed by atoms with Crippen molar-refractivity contribution in [1.82, 2.24) is 4.90 Å². The maximum atomic E-state index is 6.10. The van der Waals surface area contributed by atoms with Gasteiger partial charge in [-0.05, 0) is 57.5 Å². The molecule has 2 fully saturated rings. The van der Waals surface area contributed by atoms with Crippen LogP contribution in [0.25, 0.3) is 0 Å². The van der Waals surface area contributed by atoms with Gasteiger partial charge >= 0.3 is 0 Å². The third-order valence-electron chi connectivity index (χ3n) is 4.89. The molecule has 1 heterocycles. The van der Waals surface area contributed by atoms with Gasteiger partial charge in [0.25, 0.3) is 0 Å². The average molecular weight is 224 g/mol. The summed E-state index contributed by atoms with van der Waals surface area (Å²) in [6.07, 6.45) is 11.1. The van der Waals surface area contributed by atoms with E-state index in [0.29, 0.717) is 5.54 Å². The van der Waals surface area contributed by atoms with Crippen LogP contribution in [0, 0.1) is 5.92 Å². The summed E-state index contributed by atoms with van der Waals surface area (Å²) in [5.41, 5.74) is 6.49. The summed E-state index contributed by atoms with van der Waals surface area (Å²) >= 11 is 0. The normalized spacial score (nSPS) is 36.8. The lowest BCUT2D eigenvalue weighted by Gasteiger charge is -2.46. The number of likely N-dealkylation sites (tertiary alicyclic amines) is 1. The van der Waals surface area contributed by atoms with Crippen LogP contribution in [0.2, 0.25) is 0 Å². The van der Waals surface area contributed by atoms with E-state index in [-0.39, 0.29) is 0 Å². The highest BCUT2D eigenvalue weighted by Crippen LogP contribution is 2.39. The van der Waals surface area contributed by atoms with E-state index in [1.54, 1.807) is 0 Å². The van der Waals surface area contributed by atoms with Crippen LogP contribution in [0.1, 0.15) is 58.3 Å². The number of rotatable bonds is 4. The van der Waals surface area contributed by atoms with Gasteiger partial charge in [-0.3, -0.25) is 4.90 Å². The number of nitrogens with zero attached hydrogens (tertiary/aromatic N) is 1. The molecule has 2 nitrogen and oxygen atoms in total. The summed E-state index contributed by atoms with van der Waals surface area (Å²) in [4.78, 5) is 2.70. The zero-order valence-electron chi connectivity index (χ0n) is 10.9. The molecule has 0 aromatic rings. The van der Waals surface area contributed by atoms with Gasteiger partial charge < -0.3 is 5.73 Å². The Morgan fingerprint density at radius 3 is 2.31 bits per heavy atom. The summed E-state index contributed by atoms with van der Waals surface area (Å²) in [5, 5.41) is 0. The van der Waals surface area contributed by atoms with E-state index >= 15 is 0 Å². The van der Waals surface area contributed by atoms with Crippen molar-refractivity contribution in [3.05, 3.63) is 0 Å². The smallest absolute Gasteiger partial charge is 0.0331 e. The Morgan fingerprint density at radius 2 is 1.81 bits per heavy atom. The van der Waals surface area contributed by atoms with Crippen LogP contribution >= 0.6 is 0 Å². The van der Waals surface area contributed by atoms with Crippen molar-refractivity contribution in [2.45, 2.75) is 63.8 Å². The van der Waals surface area contributed by atoms with Crippen molar-refractivity contribution >= 4 is 0 Å². The van der Waals surface area contributed by atoms with Crippen LogP contribution in [-0.4, -0.2) is 30.1 Å². The Hall–Kier alpha value is -0.0800. The van der Waals surface area contributed by atoms with Gasteiger partial charge in [0.1, 0.15) is 0 Å². The lowest BCUT2D eigenvalue weighted by molar-refractivity contribution is 0.0613. The molecule has 2 heteroatoms. The molecule has 1 aliphatic carbocycles. The summed E-state index contributed by atoms with van der Waals surface area (Å²) in [6, 6.07) is 0. The molecule has 0 unspecified atom stereocenters. The minimum absolute atomic E-state index is 0.390. The Balaban J connectivity index is 1.91. The van der Waals surface area contributed by atoms with Crippen molar-refractivity contribution in [3.8, 4) is 0 Å². The second-order valence-corrected chi connectivity index (χ2v) is 5.85. The average Bonchev–Trinajstić information content (AvgIpc) is 2.85. The molecule has 2 rings (SSSR count). The maximum absolute atomic E-state index is 6.10. The summed E-state index contributed by atoms with van der Waals surface area (Å²) in [7, 11) is 0. The molecule has 1 saturated carbocycles. The van der Waals surface area contributed by atoms with Crippen LogP contribution in [-0.2, 0) is 0 Å². The standard InChI is InChI=1S/C14H28N2/c1-2-5-13-6-8-14(12-15,9-7-13)16-10-3-4-11-16/h13H,2-12,15H2,1H3. The molecule has 0 aromatic heterocycles. The molecule has 0 radical (unpaired) electrons. The monoisotopic (exact) mass is 224 g/mol. The largest absolute Gasteiger partial charge is 0.329 e. The number of hydrogen-bond acceptors (Lipinski definition) is 2. The lowest BCUT2D eigenvalue weighted by atomic mass is 9.74. The molecular formula is C14H28N2. The van der Waals surface area contributed by atoms with E-state index in [9.17, 15) is 0 Å². The SMILES string of the molecule is CCCC1CCC(CN)(N2CCCC2)CC1. The van der Waals surface area contributed by atoms with Crippen LogP contribution in [0.15, 0.2) is 0 Å². The van der Waals surface area contributed by atoms with E-state index in [1.807, 2.05) is 0 Å². The third kappa shape index (κ3) is 2.43. The van der Waals surface area contributed by atoms with Gasteiger partial charge in [0.05, 0.1) is 0 Å². The first-order chi connectivity index (χ1) is 7.80. The molecule has 0 atom stereocenters. The highest BCUT2D eigenvalue weighted by molar-refractivity contribution is 4.97. The predicted molar refractivity (Wildman–Crippen MR) is 69.5 cm³/mol. The van der Waals surface area contributed by atoms with Gasteiger partial charge in [0.2, 0.25) is 0 Å². The molecule has 0 spiro atoms. The zero-order chi connectivity index (χ0) is 11.4. The molecule has 94 valence electrons. The van der Waals surface area contributed by atoms with Crippen molar-refractivity contribution in [2.24, 2.45) is 11.7 Å². The zero-order valence-corrected chi connectivity index (χ0v) is 10.9. The second-order valence-electron chi connectivity index (χ2n) is 5.85. The third-order valence-corrected chi connectivity index (χ3v) is 4.89. The first-order valence-electron chi connectivity index (χ1n) is 7.26. The summed E-state index contributed by atoms with van der Waals surface area (Å²) in [5.74, 6) is 0.993. The molecular weight excluding hydrogens is 196 g/mol. The quantitative estimate of drug-likeness (QED) is 0.795. The minimum atomic E-state index is 0.390. The topological polar surface area (TPSA) is 29.3 Å². The van der Waals surface area contributed by atoms with Gasteiger partial charge in [-0.2, -0.15) is 0 Å². The molecule has 2 aliphatic rings. The van der Waals surface area contributed by atoms with Gasteiger partial charge in [-0.25, -0.2) is 0 Å². The van der Waals surface area contributed by atoms with Crippen LogP contribution < -0.4 is 5.73 Å². The summed E-state index contributed by atoms with van der Waals surface area (Å²) in [6.45, 7) is 5.79. The van der Waals surface area contributed by atoms with Crippen LogP contribution in [0.4, 0.5) is 0 Å². The highest BCUT2D eigenvalue weighted by Gasteiger charge is 2.39. The van der Waals surface area contributed by atoms with Crippen molar-refractivity contribution in [2.75, 3.05) is 19.6 Å². The molecule has 1 saturated heterocycles. The summed E-state index contributed by atoms with van der Waals surface area (Å²) < 4.78 is 0. The van der Waals surface area contributed by atoms with E-state index in [2.05, 4.69) is 11.8 Å². The van der Waals surface area contributed by atoms with E-state index in [0.717, 1.165) is 12.5 Å². The predicted octanol–water partition coefficient (Wildman–Crippen LogP) is 2.77. The maximum Gasteiger partial charge on any atom is 0.0331 e. The number of nitrogens with two attached hydrogens (primary N) is 1. The van der Waals surface area contributed by atoms with Crippen molar-refractivity contribution < 1.29 is 0 Å². The lowest BCUT2D eigenvalue weighted by Crippen LogP contribution is -2.54. The Labute approximate surface area is 101 Å². The highest BCUT2D eigenvalue weighted by atomic mass is 15.2. The fourth-order valence-electron chi connectivity index (χ4n) is 3.75. The Kier molecular flexibility index (Phi) is 4.26. The Bertz CT molecular complexity index is 201. The van der Waals surface area contributed by atoms with Gasteiger partial charge in [0.15, 0.2) is 0 Å². The minimum Gasteiger partial charge on any atom is -0.329 e. The first kappa shape index (κ1) is 12.4. The molecule has 0 aromatic carbocycles. The fraction of sp³-hybridized carbons (Fsp3) is 1.00. The van der Waals surface area contributed by atoms with Crippen molar-refractivity contribution in [1.29, 1.82) is 0 Å².